The molecule has 0 spiro atoms. The number of nitro benzene ring substituents is 1. The van der Waals surface area contributed by atoms with Gasteiger partial charge in [-0.05, 0) is 35.9 Å². The Labute approximate surface area is 140 Å². The Morgan fingerprint density at radius 3 is 2.61 bits per heavy atom. The van der Waals surface area contributed by atoms with Gasteiger partial charge >= 0.3 is 0 Å². The largest absolute Gasteiger partial charge is 0.293 e. The van der Waals surface area contributed by atoms with Gasteiger partial charge in [-0.2, -0.15) is 0 Å². The third-order valence-electron chi connectivity index (χ3n) is 3.42. The zero-order chi connectivity index (χ0) is 16.6. The molecule has 2 aromatic carbocycles. The summed E-state index contributed by atoms with van der Waals surface area (Å²) < 4.78 is 13.5. The molecule has 0 N–H and O–H groups in total. The number of thioether (sulfide) groups is 1. The average Bonchev–Trinajstić information content (AvgIpc) is 2.91. The molecule has 0 saturated carbocycles. The van der Waals surface area contributed by atoms with Gasteiger partial charge in [0.2, 0.25) is 5.91 Å². The lowest BCUT2D eigenvalue weighted by Gasteiger charge is -2.25. The molecule has 1 aliphatic heterocycles. The number of anilines is 1. The molecule has 8 heteroatoms. The van der Waals surface area contributed by atoms with Crippen molar-refractivity contribution < 1.29 is 14.1 Å². The number of hydrogen-bond acceptors (Lipinski definition) is 4. The van der Waals surface area contributed by atoms with Crippen LogP contribution in [-0.2, 0) is 4.79 Å². The standard InChI is InChI=1S/C15H10ClFN2O3S/c16-12-6-3-10(17)7-13(12)18-14(20)8-23-15(18)9-1-4-11(5-2-9)19(21)22/h1-7,15H,8H2. The number of carbonyl (C=O) groups excluding carboxylic acids is 1. The van der Waals surface area contributed by atoms with E-state index in [1.165, 1.54) is 47.0 Å². The third-order valence-corrected chi connectivity index (χ3v) is 4.96. The van der Waals surface area contributed by atoms with Crippen LogP contribution in [0.25, 0.3) is 0 Å². The number of benzene rings is 2. The Hall–Kier alpha value is -2.12. The van der Waals surface area contributed by atoms with Gasteiger partial charge in [-0.15, -0.1) is 11.8 Å². The minimum Gasteiger partial charge on any atom is -0.293 e. The fourth-order valence-corrected chi connectivity index (χ4v) is 3.74. The molecule has 118 valence electrons. The van der Waals surface area contributed by atoms with Crippen LogP contribution in [0.5, 0.6) is 0 Å². The number of carbonyl (C=O) groups is 1. The lowest BCUT2D eigenvalue weighted by Crippen LogP contribution is -2.28. The summed E-state index contributed by atoms with van der Waals surface area (Å²) in [5.74, 6) is -0.448. The number of amides is 1. The van der Waals surface area contributed by atoms with E-state index in [2.05, 4.69) is 0 Å². The maximum atomic E-state index is 13.5. The summed E-state index contributed by atoms with van der Waals surface area (Å²) in [6.07, 6.45) is 0. The number of nitro groups is 1. The fraction of sp³-hybridized carbons (Fsp3) is 0.133. The highest BCUT2D eigenvalue weighted by atomic mass is 35.5. The zero-order valence-electron chi connectivity index (χ0n) is 11.6. The molecule has 1 unspecified atom stereocenters. The maximum absolute atomic E-state index is 13.5. The van der Waals surface area contributed by atoms with Crippen molar-refractivity contribution in [1.82, 2.24) is 0 Å². The van der Waals surface area contributed by atoms with E-state index in [4.69, 9.17) is 11.6 Å². The minimum absolute atomic E-state index is 0.0292. The van der Waals surface area contributed by atoms with E-state index in [0.717, 1.165) is 0 Å². The van der Waals surface area contributed by atoms with Gasteiger partial charge in [-0.1, -0.05) is 11.6 Å². The molecular weight excluding hydrogens is 343 g/mol. The molecule has 2 aromatic rings. The molecule has 0 radical (unpaired) electrons. The zero-order valence-corrected chi connectivity index (χ0v) is 13.2. The molecular formula is C15H10ClFN2O3S. The first-order valence-corrected chi connectivity index (χ1v) is 8.03. The van der Waals surface area contributed by atoms with E-state index in [0.29, 0.717) is 11.3 Å². The molecule has 0 bridgehead atoms. The highest BCUT2D eigenvalue weighted by molar-refractivity contribution is 8.00. The van der Waals surface area contributed by atoms with Crippen LogP contribution in [0.15, 0.2) is 42.5 Å². The van der Waals surface area contributed by atoms with Crippen LogP contribution in [-0.4, -0.2) is 16.6 Å². The van der Waals surface area contributed by atoms with Crippen molar-refractivity contribution in [2.24, 2.45) is 0 Å². The fourth-order valence-electron chi connectivity index (χ4n) is 2.36. The van der Waals surface area contributed by atoms with E-state index >= 15 is 0 Å². The van der Waals surface area contributed by atoms with E-state index in [-0.39, 0.29) is 22.4 Å². The summed E-state index contributed by atoms with van der Waals surface area (Å²) in [6, 6.07) is 9.78. The first kappa shape index (κ1) is 15.8. The summed E-state index contributed by atoms with van der Waals surface area (Å²) in [6.45, 7) is 0. The van der Waals surface area contributed by atoms with Crippen molar-refractivity contribution >= 4 is 40.6 Å². The number of hydrogen-bond donors (Lipinski definition) is 0. The average molecular weight is 353 g/mol. The second-order valence-corrected chi connectivity index (χ2v) is 6.35. The Morgan fingerprint density at radius 2 is 1.96 bits per heavy atom. The molecule has 0 aromatic heterocycles. The molecule has 1 heterocycles. The molecule has 5 nitrogen and oxygen atoms in total. The maximum Gasteiger partial charge on any atom is 0.269 e. The van der Waals surface area contributed by atoms with Crippen LogP contribution in [0.4, 0.5) is 15.8 Å². The van der Waals surface area contributed by atoms with Crippen LogP contribution in [0.1, 0.15) is 10.9 Å². The van der Waals surface area contributed by atoms with Crippen LogP contribution in [0, 0.1) is 15.9 Å². The Morgan fingerprint density at radius 1 is 1.26 bits per heavy atom. The quantitative estimate of drug-likeness (QED) is 0.614. The molecule has 1 aliphatic rings. The highest BCUT2D eigenvalue weighted by Gasteiger charge is 2.35. The van der Waals surface area contributed by atoms with Crippen LogP contribution in [0.2, 0.25) is 5.02 Å². The summed E-state index contributed by atoms with van der Waals surface area (Å²) in [7, 11) is 0. The summed E-state index contributed by atoms with van der Waals surface area (Å²) in [5, 5.41) is 10.6. The highest BCUT2D eigenvalue weighted by Crippen LogP contribution is 2.44. The lowest BCUT2D eigenvalue weighted by molar-refractivity contribution is -0.384. The number of halogens is 2. The molecule has 1 atom stereocenters. The SMILES string of the molecule is O=C1CSC(c2ccc([N+](=O)[O-])cc2)N1c1cc(F)ccc1Cl. The smallest absolute Gasteiger partial charge is 0.269 e. The molecule has 1 saturated heterocycles. The van der Waals surface area contributed by atoms with Gasteiger partial charge in [-0.3, -0.25) is 19.8 Å². The molecule has 1 fully saturated rings. The van der Waals surface area contributed by atoms with Crippen molar-refractivity contribution in [3.8, 4) is 0 Å². The van der Waals surface area contributed by atoms with Gasteiger partial charge in [0.05, 0.1) is 21.4 Å². The van der Waals surface area contributed by atoms with Crippen LogP contribution < -0.4 is 4.90 Å². The summed E-state index contributed by atoms with van der Waals surface area (Å²) >= 11 is 7.46. The Balaban J connectivity index is 1.99. The van der Waals surface area contributed by atoms with Crippen molar-refractivity contribution in [1.29, 1.82) is 0 Å². The van der Waals surface area contributed by atoms with Gasteiger partial charge in [0, 0.05) is 12.1 Å². The van der Waals surface area contributed by atoms with Gasteiger partial charge in [0.25, 0.3) is 5.69 Å². The molecule has 1 amide bonds. The van der Waals surface area contributed by atoms with Crippen LogP contribution >= 0.6 is 23.4 Å². The van der Waals surface area contributed by atoms with Crippen molar-refractivity contribution in [3.05, 3.63) is 69.0 Å². The predicted octanol–water partition coefficient (Wildman–Crippen LogP) is 4.17. The summed E-state index contributed by atoms with van der Waals surface area (Å²) in [4.78, 5) is 23.9. The normalized spacial score (nSPS) is 17.6. The third kappa shape index (κ3) is 3.02. The second-order valence-electron chi connectivity index (χ2n) is 4.87. The first-order chi connectivity index (χ1) is 11.0. The van der Waals surface area contributed by atoms with Gasteiger partial charge in [0.1, 0.15) is 11.2 Å². The van der Waals surface area contributed by atoms with E-state index < -0.39 is 16.1 Å². The summed E-state index contributed by atoms with van der Waals surface area (Å²) in [5.41, 5.74) is 0.982. The Bertz CT molecular complexity index is 785. The van der Waals surface area contributed by atoms with Gasteiger partial charge in [0.15, 0.2) is 0 Å². The van der Waals surface area contributed by atoms with E-state index in [1.54, 1.807) is 12.1 Å². The second kappa shape index (κ2) is 6.17. The molecule has 0 aliphatic carbocycles. The topological polar surface area (TPSA) is 63.4 Å². The van der Waals surface area contributed by atoms with Crippen molar-refractivity contribution in [3.63, 3.8) is 0 Å². The molecule has 23 heavy (non-hydrogen) atoms. The van der Waals surface area contributed by atoms with E-state index in [9.17, 15) is 19.3 Å². The van der Waals surface area contributed by atoms with Crippen molar-refractivity contribution in [2.75, 3.05) is 10.7 Å². The minimum atomic E-state index is -0.489. The lowest BCUT2D eigenvalue weighted by atomic mass is 10.1. The van der Waals surface area contributed by atoms with E-state index in [1.807, 2.05) is 0 Å². The van der Waals surface area contributed by atoms with Crippen molar-refractivity contribution in [2.45, 2.75) is 5.37 Å². The predicted molar refractivity (Wildman–Crippen MR) is 87.2 cm³/mol. The van der Waals surface area contributed by atoms with Gasteiger partial charge < -0.3 is 0 Å². The Kier molecular flexibility index (Phi) is 4.23. The number of rotatable bonds is 3. The monoisotopic (exact) mass is 352 g/mol. The number of nitrogens with zero attached hydrogens (tertiary/aromatic N) is 2. The first-order valence-electron chi connectivity index (χ1n) is 6.60. The molecule has 3 rings (SSSR count). The number of non-ortho nitro benzene ring substituents is 1. The van der Waals surface area contributed by atoms with Gasteiger partial charge in [-0.25, -0.2) is 4.39 Å². The van der Waals surface area contributed by atoms with Crippen LogP contribution in [0.3, 0.4) is 0 Å².